The molecular formula is C19H31BN2O2S. The summed E-state index contributed by atoms with van der Waals surface area (Å²) in [5.41, 5.74) is 1.77. The molecule has 4 nitrogen and oxygen atoms in total. The molecular weight excluding hydrogens is 331 g/mol. The van der Waals surface area contributed by atoms with Crippen LogP contribution in [0.4, 0.5) is 5.69 Å². The Kier molecular flexibility index (Phi) is 5.19. The van der Waals surface area contributed by atoms with E-state index in [0.29, 0.717) is 11.3 Å². The number of nitrogens with zero attached hydrogens (tertiary/aromatic N) is 2. The van der Waals surface area contributed by atoms with Crippen molar-refractivity contribution in [2.24, 2.45) is 0 Å². The van der Waals surface area contributed by atoms with Gasteiger partial charge in [0.15, 0.2) is 0 Å². The third kappa shape index (κ3) is 3.87. The van der Waals surface area contributed by atoms with Crippen LogP contribution in [0.2, 0.25) is 0 Å². The highest BCUT2D eigenvalue weighted by Gasteiger charge is 2.51. The van der Waals surface area contributed by atoms with E-state index in [4.69, 9.17) is 9.31 Å². The van der Waals surface area contributed by atoms with Crippen LogP contribution in [0.5, 0.6) is 0 Å². The van der Waals surface area contributed by atoms with Gasteiger partial charge in [0.05, 0.1) is 11.2 Å². The molecule has 0 aromatic heterocycles. The second kappa shape index (κ2) is 6.80. The Labute approximate surface area is 157 Å². The van der Waals surface area contributed by atoms with E-state index in [1.54, 1.807) is 0 Å². The van der Waals surface area contributed by atoms with Crippen molar-refractivity contribution in [3.8, 4) is 0 Å². The van der Waals surface area contributed by atoms with Crippen LogP contribution in [0.1, 0.15) is 41.5 Å². The number of likely N-dealkylation sites (N-methyl/N-ethyl adjacent to an activating group) is 1. The fourth-order valence-electron chi connectivity index (χ4n) is 3.27. The average molecular weight is 362 g/mol. The standard InChI is InChI=1S/C19H31BN2O2S/c1-14-12-22(13-15(2)25-21(14)7)17-10-8-16(9-11-17)20-23-18(3,4)19(5,6)24-20/h8-11,14-15H,12-13H2,1-7H3/t14-,15+/m1/s1. The fourth-order valence-corrected chi connectivity index (χ4v) is 4.36. The van der Waals surface area contributed by atoms with Crippen LogP contribution in [0.25, 0.3) is 0 Å². The first-order valence-corrected chi connectivity index (χ1v) is 10.0. The van der Waals surface area contributed by atoms with E-state index in [2.05, 4.69) is 82.1 Å². The van der Waals surface area contributed by atoms with Gasteiger partial charge in [-0.15, -0.1) is 0 Å². The summed E-state index contributed by atoms with van der Waals surface area (Å²) in [4.78, 5) is 2.49. The average Bonchev–Trinajstić information content (AvgIpc) is 2.65. The quantitative estimate of drug-likeness (QED) is 0.595. The zero-order valence-corrected chi connectivity index (χ0v) is 17.4. The maximum Gasteiger partial charge on any atom is 0.494 e. The molecule has 3 rings (SSSR count). The molecule has 0 unspecified atom stereocenters. The molecule has 2 aliphatic rings. The zero-order chi connectivity index (χ0) is 18.4. The Hall–Kier alpha value is -0.685. The van der Waals surface area contributed by atoms with Gasteiger partial charge in [0.2, 0.25) is 0 Å². The van der Waals surface area contributed by atoms with E-state index >= 15 is 0 Å². The number of hydrogen-bond acceptors (Lipinski definition) is 5. The summed E-state index contributed by atoms with van der Waals surface area (Å²) in [7, 11) is 1.90. The van der Waals surface area contributed by atoms with E-state index < -0.39 is 0 Å². The summed E-state index contributed by atoms with van der Waals surface area (Å²) in [5, 5.41) is 0.581. The highest BCUT2D eigenvalue weighted by molar-refractivity contribution is 7.97. The summed E-state index contributed by atoms with van der Waals surface area (Å²) in [6.45, 7) is 15.1. The van der Waals surface area contributed by atoms with Crippen LogP contribution >= 0.6 is 11.9 Å². The number of rotatable bonds is 2. The Morgan fingerprint density at radius 3 is 2.12 bits per heavy atom. The molecule has 2 atom stereocenters. The molecule has 25 heavy (non-hydrogen) atoms. The van der Waals surface area contributed by atoms with Crippen molar-refractivity contribution in [3.63, 3.8) is 0 Å². The van der Waals surface area contributed by atoms with Crippen molar-refractivity contribution in [2.75, 3.05) is 25.0 Å². The minimum absolute atomic E-state index is 0.289. The van der Waals surface area contributed by atoms with Crippen LogP contribution in [0.15, 0.2) is 24.3 Å². The summed E-state index contributed by atoms with van der Waals surface area (Å²) in [6.07, 6.45) is 0. The summed E-state index contributed by atoms with van der Waals surface area (Å²) in [5.74, 6) is 0. The second-order valence-corrected chi connectivity index (χ2v) is 9.99. The van der Waals surface area contributed by atoms with Gasteiger partial charge in [-0.25, -0.2) is 4.31 Å². The third-order valence-corrected chi connectivity index (χ3v) is 6.91. The normalized spacial score (nSPS) is 29.7. The van der Waals surface area contributed by atoms with Gasteiger partial charge in [-0.05, 0) is 59.3 Å². The van der Waals surface area contributed by atoms with E-state index in [9.17, 15) is 0 Å². The number of hydrogen-bond donors (Lipinski definition) is 0. The van der Waals surface area contributed by atoms with Gasteiger partial charge in [0.1, 0.15) is 0 Å². The van der Waals surface area contributed by atoms with Crippen molar-refractivity contribution in [3.05, 3.63) is 24.3 Å². The van der Waals surface area contributed by atoms with Gasteiger partial charge < -0.3 is 14.2 Å². The molecule has 2 saturated heterocycles. The van der Waals surface area contributed by atoms with Crippen LogP contribution in [0.3, 0.4) is 0 Å². The summed E-state index contributed by atoms with van der Waals surface area (Å²) < 4.78 is 14.7. The van der Waals surface area contributed by atoms with Gasteiger partial charge in [-0.1, -0.05) is 31.0 Å². The van der Waals surface area contributed by atoms with Gasteiger partial charge in [-0.2, -0.15) is 0 Å². The van der Waals surface area contributed by atoms with Crippen LogP contribution < -0.4 is 10.4 Å². The molecule has 0 N–H and O–H groups in total. The lowest BCUT2D eigenvalue weighted by molar-refractivity contribution is 0.00578. The molecule has 0 radical (unpaired) electrons. The smallest absolute Gasteiger partial charge is 0.399 e. The molecule has 0 spiro atoms. The minimum atomic E-state index is -0.298. The first kappa shape index (κ1) is 19.1. The van der Waals surface area contributed by atoms with Crippen molar-refractivity contribution in [2.45, 2.75) is 64.0 Å². The van der Waals surface area contributed by atoms with Crippen molar-refractivity contribution in [1.82, 2.24) is 4.31 Å². The van der Waals surface area contributed by atoms with Gasteiger partial charge in [0, 0.05) is 30.1 Å². The Morgan fingerprint density at radius 2 is 1.56 bits per heavy atom. The second-order valence-electron chi connectivity index (χ2n) is 8.40. The molecule has 0 bridgehead atoms. The Balaban J connectivity index is 1.75. The van der Waals surface area contributed by atoms with Crippen molar-refractivity contribution in [1.29, 1.82) is 0 Å². The van der Waals surface area contributed by atoms with Crippen molar-refractivity contribution < 1.29 is 9.31 Å². The van der Waals surface area contributed by atoms with Gasteiger partial charge in [0.25, 0.3) is 0 Å². The maximum atomic E-state index is 6.16. The fraction of sp³-hybridized carbons (Fsp3) is 0.684. The summed E-state index contributed by atoms with van der Waals surface area (Å²) >= 11 is 1.94. The van der Waals surface area contributed by atoms with E-state index in [1.807, 2.05) is 11.9 Å². The van der Waals surface area contributed by atoms with Crippen LogP contribution in [-0.4, -0.2) is 54.1 Å². The molecule has 138 valence electrons. The molecule has 1 aromatic carbocycles. The topological polar surface area (TPSA) is 24.9 Å². The zero-order valence-electron chi connectivity index (χ0n) is 16.6. The third-order valence-electron chi connectivity index (χ3n) is 5.71. The van der Waals surface area contributed by atoms with Crippen LogP contribution in [0, 0.1) is 0 Å². The molecule has 2 aliphatic heterocycles. The van der Waals surface area contributed by atoms with E-state index in [1.165, 1.54) is 5.69 Å². The van der Waals surface area contributed by atoms with E-state index in [0.717, 1.165) is 18.6 Å². The molecule has 1 aromatic rings. The molecule has 2 heterocycles. The highest BCUT2D eigenvalue weighted by Crippen LogP contribution is 2.36. The molecule has 0 aliphatic carbocycles. The van der Waals surface area contributed by atoms with Crippen LogP contribution in [-0.2, 0) is 9.31 Å². The molecule has 2 fully saturated rings. The first-order chi connectivity index (χ1) is 11.6. The Bertz CT molecular complexity index is 592. The van der Waals surface area contributed by atoms with Crippen molar-refractivity contribution >= 4 is 30.2 Å². The highest BCUT2D eigenvalue weighted by atomic mass is 32.2. The number of benzene rings is 1. The molecule has 0 saturated carbocycles. The largest absolute Gasteiger partial charge is 0.494 e. The number of anilines is 1. The summed E-state index contributed by atoms with van der Waals surface area (Å²) in [6, 6.07) is 9.23. The molecule has 6 heteroatoms. The minimum Gasteiger partial charge on any atom is -0.399 e. The lowest BCUT2D eigenvalue weighted by Gasteiger charge is -2.32. The van der Waals surface area contributed by atoms with Gasteiger partial charge in [-0.3, -0.25) is 0 Å². The first-order valence-electron chi connectivity index (χ1n) is 9.19. The predicted molar refractivity (Wildman–Crippen MR) is 109 cm³/mol. The monoisotopic (exact) mass is 362 g/mol. The SMILES string of the molecule is C[C@@H]1CN(c2ccc(B3OC(C)(C)C(C)(C)O3)cc2)C[C@H](C)SN1C. The Morgan fingerprint density at radius 1 is 1.00 bits per heavy atom. The molecule has 0 amide bonds. The lowest BCUT2D eigenvalue weighted by Crippen LogP contribution is -2.41. The lowest BCUT2D eigenvalue weighted by atomic mass is 9.79. The van der Waals surface area contributed by atoms with E-state index in [-0.39, 0.29) is 18.3 Å². The predicted octanol–water partition coefficient (Wildman–Crippen LogP) is 3.16. The van der Waals surface area contributed by atoms with Gasteiger partial charge >= 0.3 is 7.12 Å². The maximum absolute atomic E-state index is 6.16.